The highest BCUT2D eigenvalue weighted by Crippen LogP contribution is 2.32. The van der Waals surface area contributed by atoms with E-state index in [1.807, 2.05) is 19.1 Å². The highest BCUT2D eigenvalue weighted by atomic mass is 127. The molecule has 92 valence electrons. The van der Waals surface area contributed by atoms with Crippen LogP contribution >= 0.6 is 22.6 Å². The summed E-state index contributed by atoms with van der Waals surface area (Å²) in [6, 6.07) is 14.6. The average molecular weight is 350 g/mol. The van der Waals surface area contributed by atoms with Gasteiger partial charge in [-0.15, -0.1) is 0 Å². The molecule has 2 heteroatoms. The molecule has 0 aromatic heterocycles. The Bertz CT molecular complexity index is 570. The number of benzene rings is 2. The number of hydrogen-bond donors (Lipinski definition) is 0. The number of rotatable bonds is 3. The van der Waals surface area contributed by atoms with Crippen LogP contribution in [0, 0.1) is 3.57 Å². The zero-order valence-electron chi connectivity index (χ0n) is 10.5. The average Bonchev–Trinajstić information content (AvgIpc) is 2.39. The Balaban J connectivity index is 2.56. The van der Waals surface area contributed by atoms with E-state index in [4.69, 9.17) is 4.74 Å². The van der Waals surface area contributed by atoms with Gasteiger partial charge in [-0.3, -0.25) is 0 Å². The quantitative estimate of drug-likeness (QED) is 0.708. The maximum Gasteiger partial charge on any atom is 0.126 e. The van der Waals surface area contributed by atoms with Crippen LogP contribution in [0.25, 0.3) is 16.7 Å². The molecule has 18 heavy (non-hydrogen) atoms. The van der Waals surface area contributed by atoms with Crippen molar-refractivity contribution in [2.75, 3.05) is 7.11 Å². The molecule has 0 saturated carbocycles. The molecule has 0 bridgehead atoms. The van der Waals surface area contributed by atoms with Gasteiger partial charge in [-0.05, 0) is 64.9 Å². The molecule has 2 rings (SSSR count). The highest BCUT2D eigenvalue weighted by Gasteiger charge is 2.07. The van der Waals surface area contributed by atoms with Crippen molar-refractivity contribution in [2.24, 2.45) is 0 Å². The van der Waals surface area contributed by atoms with E-state index in [1.165, 1.54) is 3.57 Å². The second-order valence-electron chi connectivity index (χ2n) is 4.20. The third kappa shape index (κ3) is 2.75. The van der Waals surface area contributed by atoms with Crippen molar-refractivity contribution >= 4 is 28.2 Å². The number of methoxy groups -OCH3 is 1. The first kappa shape index (κ1) is 13.1. The third-order valence-electron chi connectivity index (χ3n) is 2.85. The van der Waals surface area contributed by atoms with Gasteiger partial charge in [0.2, 0.25) is 0 Å². The molecular weight excluding hydrogens is 335 g/mol. The van der Waals surface area contributed by atoms with Gasteiger partial charge in [-0.25, -0.2) is 0 Å². The van der Waals surface area contributed by atoms with E-state index in [-0.39, 0.29) is 0 Å². The molecule has 0 heterocycles. The first-order valence-corrected chi connectivity index (χ1v) is 6.79. The van der Waals surface area contributed by atoms with Gasteiger partial charge in [0.05, 0.1) is 7.11 Å². The van der Waals surface area contributed by atoms with Gasteiger partial charge in [-0.2, -0.15) is 0 Å². The van der Waals surface area contributed by atoms with E-state index in [0.717, 1.165) is 28.0 Å². The highest BCUT2D eigenvalue weighted by molar-refractivity contribution is 14.1. The summed E-state index contributed by atoms with van der Waals surface area (Å²) < 4.78 is 6.66. The summed E-state index contributed by atoms with van der Waals surface area (Å²) in [4.78, 5) is 0. The van der Waals surface area contributed by atoms with E-state index in [0.29, 0.717) is 0 Å². The lowest BCUT2D eigenvalue weighted by molar-refractivity contribution is 0.416. The third-order valence-corrected chi connectivity index (χ3v) is 3.57. The lowest BCUT2D eigenvalue weighted by Gasteiger charge is -2.11. The maximum absolute atomic E-state index is 5.43. The van der Waals surface area contributed by atoms with Crippen molar-refractivity contribution in [3.63, 3.8) is 0 Å². The summed E-state index contributed by atoms with van der Waals surface area (Å²) in [5.74, 6) is 0.890. The molecule has 0 fully saturated rings. The Morgan fingerprint density at radius 3 is 2.33 bits per heavy atom. The predicted octanol–water partition coefficient (Wildman–Crippen LogP) is 5.00. The molecule has 0 N–H and O–H groups in total. The van der Waals surface area contributed by atoms with Crippen LogP contribution < -0.4 is 4.74 Å². The van der Waals surface area contributed by atoms with E-state index in [1.54, 1.807) is 7.11 Å². The molecule has 0 spiro atoms. The maximum atomic E-state index is 5.43. The molecule has 0 aliphatic rings. The topological polar surface area (TPSA) is 9.23 Å². The summed E-state index contributed by atoms with van der Waals surface area (Å²) in [5, 5.41) is 0. The number of ether oxygens (including phenoxy) is 1. The van der Waals surface area contributed by atoms with Gasteiger partial charge in [0, 0.05) is 9.13 Å². The fourth-order valence-electron chi connectivity index (χ4n) is 1.83. The molecule has 0 unspecified atom stereocenters. The summed E-state index contributed by atoms with van der Waals surface area (Å²) >= 11 is 2.31. The molecule has 0 radical (unpaired) electrons. The molecule has 2 aromatic carbocycles. The van der Waals surface area contributed by atoms with Crippen molar-refractivity contribution < 1.29 is 4.74 Å². The molecule has 0 amide bonds. The monoisotopic (exact) mass is 350 g/mol. The van der Waals surface area contributed by atoms with Crippen LogP contribution in [0.2, 0.25) is 0 Å². The van der Waals surface area contributed by atoms with Gasteiger partial charge in [0.1, 0.15) is 5.75 Å². The second-order valence-corrected chi connectivity index (χ2v) is 5.45. The molecular formula is C16H15IO. The lowest BCUT2D eigenvalue weighted by Crippen LogP contribution is -1.90. The number of allylic oxidation sites excluding steroid dienone is 1. The van der Waals surface area contributed by atoms with Gasteiger partial charge in [0.25, 0.3) is 0 Å². The molecule has 0 saturated heterocycles. The van der Waals surface area contributed by atoms with Crippen molar-refractivity contribution in [1.82, 2.24) is 0 Å². The number of halogens is 1. The minimum absolute atomic E-state index is 0.890. The Labute approximate surface area is 122 Å². The van der Waals surface area contributed by atoms with Crippen LogP contribution in [0.4, 0.5) is 0 Å². The van der Waals surface area contributed by atoms with Gasteiger partial charge >= 0.3 is 0 Å². The molecule has 1 nitrogen and oxygen atoms in total. The zero-order valence-corrected chi connectivity index (χ0v) is 12.7. The van der Waals surface area contributed by atoms with Crippen molar-refractivity contribution in [3.05, 3.63) is 58.2 Å². The van der Waals surface area contributed by atoms with Crippen molar-refractivity contribution in [3.8, 4) is 16.9 Å². The SMILES string of the molecule is C=C(C)c1ccc(OC)c(-c2ccc(I)cc2)c1. The van der Waals surface area contributed by atoms with Crippen molar-refractivity contribution in [1.29, 1.82) is 0 Å². The van der Waals surface area contributed by atoms with Crippen molar-refractivity contribution in [2.45, 2.75) is 6.92 Å². The summed E-state index contributed by atoms with van der Waals surface area (Å²) in [5.41, 5.74) is 4.47. The van der Waals surface area contributed by atoms with Crippen LogP contribution in [0.5, 0.6) is 5.75 Å². The molecule has 2 aromatic rings. The largest absolute Gasteiger partial charge is 0.496 e. The minimum Gasteiger partial charge on any atom is -0.496 e. The van der Waals surface area contributed by atoms with E-state index >= 15 is 0 Å². The summed E-state index contributed by atoms with van der Waals surface area (Å²) in [7, 11) is 1.70. The van der Waals surface area contributed by atoms with E-state index < -0.39 is 0 Å². The Morgan fingerprint density at radius 2 is 1.78 bits per heavy atom. The first-order valence-electron chi connectivity index (χ1n) is 5.71. The van der Waals surface area contributed by atoms with E-state index in [9.17, 15) is 0 Å². The second kappa shape index (κ2) is 5.57. The first-order chi connectivity index (χ1) is 8.61. The van der Waals surface area contributed by atoms with Gasteiger partial charge in [-0.1, -0.05) is 30.4 Å². The van der Waals surface area contributed by atoms with Gasteiger partial charge < -0.3 is 4.74 Å². The zero-order chi connectivity index (χ0) is 13.1. The molecule has 0 atom stereocenters. The number of hydrogen-bond acceptors (Lipinski definition) is 1. The Hall–Kier alpha value is -1.29. The molecule has 0 aliphatic carbocycles. The minimum atomic E-state index is 0.890. The smallest absolute Gasteiger partial charge is 0.126 e. The van der Waals surface area contributed by atoms with Crippen LogP contribution in [0.1, 0.15) is 12.5 Å². The van der Waals surface area contributed by atoms with Crippen LogP contribution in [-0.4, -0.2) is 7.11 Å². The van der Waals surface area contributed by atoms with Crippen LogP contribution in [0.15, 0.2) is 49.0 Å². The van der Waals surface area contributed by atoms with Crippen LogP contribution in [-0.2, 0) is 0 Å². The lowest BCUT2D eigenvalue weighted by atomic mass is 9.99. The van der Waals surface area contributed by atoms with Gasteiger partial charge in [0.15, 0.2) is 0 Å². The standard InChI is InChI=1S/C16H15IO/c1-11(2)13-6-9-16(18-3)15(10-13)12-4-7-14(17)8-5-12/h4-10H,1H2,2-3H3. The summed E-state index contributed by atoms with van der Waals surface area (Å²) in [6.07, 6.45) is 0. The fourth-order valence-corrected chi connectivity index (χ4v) is 2.19. The van der Waals surface area contributed by atoms with E-state index in [2.05, 4.69) is 59.5 Å². The predicted molar refractivity (Wildman–Crippen MR) is 85.9 cm³/mol. The summed E-state index contributed by atoms with van der Waals surface area (Å²) in [6.45, 7) is 6.00. The normalized spacial score (nSPS) is 10.2. The fraction of sp³-hybridized carbons (Fsp3) is 0.125. The Kier molecular flexibility index (Phi) is 4.07. The van der Waals surface area contributed by atoms with Crippen LogP contribution in [0.3, 0.4) is 0 Å². The molecule has 0 aliphatic heterocycles. The Morgan fingerprint density at radius 1 is 1.11 bits per heavy atom.